The zero-order valence-electron chi connectivity index (χ0n) is 8.32. The molecule has 1 aliphatic heterocycles. The average molecular weight is 201 g/mol. The van der Waals surface area contributed by atoms with Gasteiger partial charge in [0.15, 0.2) is 5.78 Å². The summed E-state index contributed by atoms with van der Waals surface area (Å²) in [5, 5.41) is 8.44. The minimum atomic E-state index is -0.120. The Hall–Kier alpha value is -1.82. The second kappa shape index (κ2) is 4.14. The number of Topliss-reactive ketones (excluding diaryl/α,β-unsaturated/α-hetero) is 1. The standard InChI is InChI=1S/C12H11NO2/c13-6-5-11(14)9-3-4-12-10(8-9)2-1-7-15-12/h3-4,8H,1-2,5,7H2. The fraction of sp³-hybridized carbons (Fsp3) is 0.333. The van der Waals surface area contributed by atoms with E-state index in [1.165, 1.54) is 0 Å². The molecule has 1 aliphatic rings. The first-order valence-corrected chi connectivity index (χ1v) is 4.97. The van der Waals surface area contributed by atoms with Crippen molar-refractivity contribution in [3.63, 3.8) is 0 Å². The van der Waals surface area contributed by atoms with Crippen molar-refractivity contribution < 1.29 is 9.53 Å². The van der Waals surface area contributed by atoms with Crippen LogP contribution in [0.2, 0.25) is 0 Å². The summed E-state index contributed by atoms with van der Waals surface area (Å²) in [6.07, 6.45) is 1.88. The number of benzene rings is 1. The Morgan fingerprint density at radius 2 is 2.40 bits per heavy atom. The van der Waals surface area contributed by atoms with E-state index in [4.69, 9.17) is 10.00 Å². The van der Waals surface area contributed by atoms with Crippen LogP contribution in [-0.4, -0.2) is 12.4 Å². The van der Waals surface area contributed by atoms with E-state index < -0.39 is 0 Å². The number of aryl methyl sites for hydroxylation is 1. The van der Waals surface area contributed by atoms with E-state index in [0.29, 0.717) is 5.56 Å². The average Bonchev–Trinajstić information content (AvgIpc) is 2.29. The highest BCUT2D eigenvalue weighted by Crippen LogP contribution is 2.25. The maximum Gasteiger partial charge on any atom is 0.176 e. The van der Waals surface area contributed by atoms with Crippen LogP contribution in [0.4, 0.5) is 0 Å². The summed E-state index contributed by atoms with van der Waals surface area (Å²) in [7, 11) is 0. The van der Waals surface area contributed by atoms with E-state index in [1.807, 2.05) is 18.2 Å². The summed E-state index contributed by atoms with van der Waals surface area (Å²) < 4.78 is 5.44. The Balaban J connectivity index is 2.28. The number of fused-ring (bicyclic) bond motifs is 1. The number of hydrogen-bond acceptors (Lipinski definition) is 3. The number of nitrogens with zero attached hydrogens (tertiary/aromatic N) is 1. The molecule has 3 nitrogen and oxygen atoms in total. The Labute approximate surface area is 88.3 Å². The summed E-state index contributed by atoms with van der Waals surface area (Å²) >= 11 is 0. The number of carbonyl (C=O) groups is 1. The van der Waals surface area contributed by atoms with Gasteiger partial charge in [0.25, 0.3) is 0 Å². The molecular weight excluding hydrogens is 190 g/mol. The van der Waals surface area contributed by atoms with Crippen LogP contribution in [0.3, 0.4) is 0 Å². The molecule has 15 heavy (non-hydrogen) atoms. The van der Waals surface area contributed by atoms with Gasteiger partial charge in [-0.2, -0.15) is 5.26 Å². The van der Waals surface area contributed by atoms with Crippen molar-refractivity contribution in [3.8, 4) is 11.8 Å². The van der Waals surface area contributed by atoms with Gasteiger partial charge in [0.1, 0.15) is 5.75 Å². The van der Waals surface area contributed by atoms with Gasteiger partial charge in [0, 0.05) is 5.56 Å². The third-order valence-electron chi connectivity index (χ3n) is 2.47. The Morgan fingerprint density at radius 1 is 1.53 bits per heavy atom. The minimum Gasteiger partial charge on any atom is -0.493 e. The lowest BCUT2D eigenvalue weighted by Gasteiger charge is -2.17. The van der Waals surface area contributed by atoms with Crippen molar-refractivity contribution in [2.24, 2.45) is 0 Å². The van der Waals surface area contributed by atoms with Gasteiger partial charge in [-0.05, 0) is 36.6 Å². The first-order chi connectivity index (χ1) is 7.31. The number of rotatable bonds is 2. The zero-order valence-corrected chi connectivity index (χ0v) is 8.32. The Kier molecular flexibility index (Phi) is 2.68. The summed E-state index contributed by atoms with van der Waals surface area (Å²) in [6, 6.07) is 7.25. The zero-order chi connectivity index (χ0) is 10.7. The SMILES string of the molecule is N#CCC(=O)c1ccc2c(c1)CCCO2. The van der Waals surface area contributed by atoms with Gasteiger partial charge >= 0.3 is 0 Å². The first kappa shape index (κ1) is 9.72. The summed E-state index contributed by atoms with van der Waals surface area (Å²) in [5.41, 5.74) is 1.69. The van der Waals surface area contributed by atoms with Crippen LogP contribution in [-0.2, 0) is 6.42 Å². The smallest absolute Gasteiger partial charge is 0.176 e. The highest BCUT2D eigenvalue weighted by Gasteiger charge is 2.13. The van der Waals surface area contributed by atoms with Gasteiger partial charge in [-0.25, -0.2) is 0 Å². The Bertz CT molecular complexity index is 432. The van der Waals surface area contributed by atoms with Crippen LogP contribution in [0.1, 0.15) is 28.8 Å². The molecular formula is C12H11NO2. The highest BCUT2D eigenvalue weighted by molar-refractivity contribution is 5.97. The van der Waals surface area contributed by atoms with Gasteiger partial charge in [-0.15, -0.1) is 0 Å². The topological polar surface area (TPSA) is 50.1 Å². The van der Waals surface area contributed by atoms with E-state index in [0.717, 1.165) is 30.8 Å². The third-order valence-corrected chi connectivity index (χ3v) is 2.47. The van der Waals surface area contributed by atoms with Crippen LogP contribution >= 0.6 is 0 Å². The predicted octanol–water partition coefficient (Wildman–Crippen LogP) is 2.11. The maximum atomic E-state index is 11.5. The molecule has 1 aromatic rings. The third kappa shape index (κ3) is 1.99. The second-order valence-electron chi connectivity index (χ2n) is 3.53. The largest absolute Gasteiger partial charge is 0.493 e. The molecule has 0 spiro atoms. The minimum absolute atomic E-state index is 0.0559. The Morgan fingerprint density at radius 3 is 3.20 bits per heavy atom. The number of ketones is 1. The monoisotopic (exact) mass is 201 g/mol. The van der Waals surface area contributed by atoms with Crippen LogP contribution in [0.25, 0.3) is 0 Å². The van der Waals surface area contributed by atoms with E-state index in [1.54, 1.807) is 6.07 Å². The molecule has 0 radical (unpaired) electrons. The summed E-state index contributed by atoms with van der Waals surface area (Å²) in [6.45, 7) is 0.749. The lowest BCUT2D eigenvalue weighted by atomic mass is 10.0. The lowest BCUT2D eigenvalue weighted by molar-refractivity contribution is 0.0997. The molecule has 3 heteroatoms. The van der Waals surface area contributed by atoms with Crippen molar-refractivity contribution in [2.75, 3.05) is 6.61 Å². The molecule has 2 rings (SSSR count). The van der Waals surface area contributed by atoms with Gasteiger partial charge in [-0.1, -0.05) is 0 Å². The number of carbonyl (C=O) groups excluding carboxylic acids is 1. The molecule has 0 saturated carbocycles. The van der Waals surface area contributed by atoms with Crippen molar-refractivity contribution >= 4 is 5.78 Å². The van der Waals surface area contributed by atoms with Crippen molar-refractivity contribution in [1.29, 1.82) is 5.26 Å². The summed E-state index contributed by atoms with van der Waals surface area (Å²) in [5.74, 6) is 0.751. The molecule has 0 saturated heterocycles. The second-order valence-corrected chi connectivity index (χ2v) is 3.53. The van der Waals surface area contributed by atoms with E-state index in [9.17, 15) is 4.79 Å². The quantitative estimate of drug-likeness (QED) is 0.688. The van der Waals surface area contributed by atoms with E-state index in [-0.39, 0.29) is 12.2 Å². The molecule has 1 aromatic carbocycles. The first-order valence-electron chi connectivity index (χ1n) is 4.97. The lowest BCUT2D eigenvalue weighted by Crippen LogP contribution is -2.09. The molecule has 1 heterocycles. The van der Waals surface area contributed by atoms with Gasteiger partial charge in [0.05, 0.1) is 19.1 Å². The van der Waals surface area contributed by atoms with Gasteiger partial charge in [-0.3, -0.25) is 4.79 Å². The fourth-order valence-electron chi connectivity index (χ4n) is 1.71. The molecule has 0 aromatic heterocycles. The van der Waals surface area contributed by atoms with Crippen molar-refractivity contribution in [2.45, 2.75) is 19.3 Å². The number of ether oxygens (including phenoxy) is 1. The molecule has 0 atom stereocenters. The number of nitriles is 1. The molecule has 76 valence electrons. The van der Waals surface area contributed by atoms with Gasteiger partial charge in [0.2, 0.25) is 0 Å². The van der Waals surface area contributed by atoms with Gasteiger partial charge < -0.3 is 4.74 Å². The van der Waals surface area contributed by atoms with E-state index in [2.05, 4.69) is 0 Å². The fourth-order valence-corrected chi connectivity index (χ4v) is 1.71. The van der Waals surface area contributed by atoms with Crippen LogP contribution in [0, 0.1) is 11.3 Å². The van der Waals surface area contributed by atoms with Crippen molar-refractivity contribution in [1.82, 2.24) is 0 Å². The van der Waals surface area contributed by atoms with Crippen LogP contribution < -0.4 is 4.74 Å². The predicted molar refractivity (Wildman–Crippen MR) is 54.8 cm³/mol. The van der Waals surface area contributed by atoms with Crippen molar-refractivity contribution in [3.05, 3.63) is 29.3 Å². The maximum absolute atomic E-state index is 11.5. The molecule has 0 amide bonds. The highest BCUT2D eigenvalue weighted by atomic mass is 16.5. The number of hydrogen-bond donors (Lipinski definition) is 0. The molecule has 0 fully saturated rings. The molecule has 0 bridgehead atoms. The molecule has 0 N–H and O–H groups in total. The molecule has 0 aliphatic carbocycles. The van der Waals surface area contributed by atoms with Crippen LogP contribution in [0.15, 0.2) is 18.2 Å². The normalized spacial score (nSPS) is 13.5. The van der Waals surface area contributed by atoms with Crippen LogP contribution in [0.5, 0.6) is 5.75 Å². The summed E-state index contributed by atoms with van der Waals surface area (Å²) in [4.78, 5) is 11.5. The molecule has 0 unspecified atom stereocenters. The van der Waals surface area contributed by atoms with E-state index >= 15 is 0 Å².